The molecule has 180 valence electrons. The molecule has 6 nitrogen and oxygen atoms in total. The van der Waals surface area contributed by atoms with E-state index in [2.05, 4.69) is 52.3 Å². The van der Waals surface area contributed by atoms with Crippen molar-refractivity contribution in [2.45, 2.75) is 26.3 Å². The highest BCUT2D eigenvalue weighted by Gasteiger charge is 2.33. The number of hydrogen-bond acceptors (Lipinski definition) is 5. The average molecular weight is 461 g/mol. The highest BCUT2D eigenvalue weighted by atomic mass is 16.5. The topological polar surface area (TPSA) is 48.4 Å². The fourth-order valence-electron chi connectivity index (χ4n) is 4.76. The van der Waals surface area contributed by atoms with Crippen LogP contribution in [-0.2, 0) is 9.53 Å². The van der Waals surface area contributed by atoms with Gasteiger partial charge in [0.25, 0.3) is 0 Å². The van der Waals surface area contributed by atoms with Crippen LogP contribution in [0.2, 0.25) is 0 Å². The van der Waals surface area contributed by atoms with Crippen LogP contribution in [0, 0.1) is 5.92 Å². The number of ether oxygens (including phenoxy) is 1. The van der Waals surface area contributed by atoms with Gasteiger partial charge < -0.3 is 14.5 Å². The zero-order valence-electron chi connectivity index (χ0n) is 20.6. The molecule has 0 N–H and O–H groups in total. The first-order chi connectivity index (χ1) is 16.5. The summed E-state index contributed by atoms with van der Waals surface area (Å²) < 4.78 is 5.96. The highest BCUT2D eigenvalue weighted by molar-refractivity contribution is 5.97. The second-order valence-corrected chi connectivity index (χ2v) is 9.35. The maximum atomic E-state index is 13.1. The largest absolute Gasteiger partial charge is 0.439 e. The first-order valence-electron chi connectivity index (χ1n) is 12.2. The molecule has 6 heteroatoms. The van der Waals surface area contributed by atoms with E-state index in [1.165, 1.54) is 0 Å². The van der Waals surface area contributed by atoms with Gasteiger partial charge in [-0.15, -0.1) is 0 Å². The second kappa shape index (κ2) is 10.9. The van der Waals surface area contributed by atoms with Crippen molar-refractivity contribution in [3.8, 4) is 0 Å². The van der Waals surface area contributed by atoms with E-state index in [9.17, 15) is 4.79 Å². The Morgan fingerprint density at radius 3 is 2.26 bits per heavy atom. The van der Waals surface area contributed by atoms with Gasteiger partial charge in [-0.2, -0.15) is 0 Å². The first kappa shape index (κ1) is 24.0. The van der Waals surface area contributed by atoms with Crippen molar-refractivity contribution in [1.82, 2.24) is 9.80 Å². The van der Waals surface area contributed by atoms with E-state index in [-0.39, 0.29) is 5.92 Å². The summed E-state index contributed by atoms with van der Waals surface area (Å²) in [4.78, 5) is 24.2. The Morgan fingerprint density at radius 2 is 1.65 bits per heavy atom. The van der Waals surface area contributed by atoms with E-state index in [0.717, 1.165) is 62.5 Å². The van der Waals surface area contributed by atoms with Crippen molar-refractivity contribution in [3.63, 3.8) is 0 Å². The lowest BCUT2D eigenvalue weighted by molar-refractivity contribution is -0.136. The quantitative estimate of drug-likeness (QED) is 0.370. The fourth-order valence-corrected chi connectivity index (χ4v) is 4.76. The summed E-state index contributed by atoms with van der Waals surface area (Å²) in [5.41, 5.74) is 2.96. The van der Waals surface area contributed by atoms with Gasteiger partial charge in [-0.05, 0) is 56.7 Å². The van der Waals surface area contributed by atoms with Crippen molar-refractivity contribution in [2.24, 2.45) is 10.9 Å². The molecule has 34 heavy (non-hydrogen) atoms. The molecule has 2 aromatic carbocycles. The Hall–Kier alpha value is -3.12. The van der Waals surface area contributed by atoms with Crippen molar-refractivity contribution in [1.29, 1.82) is 0 Å². The smallest absolute Gasteiger partial charge is 0.227 e. The Kier molecular flexibility index (Phi) is 7.68. The third kappa shape index (κ3) is 5.50. The molecule has 2 aromatic rings. The molecule has 0 bridgehead atoms. The lowest BCUT2D eigenvalue weighted by atomic mass is 10.1. The molecule has 2 aliphatic rings. The van der Waals surface area contributed by atoms with E-state index in [0.29, 0.717) is 23.6 Å². The Balaban J connectivity index is 1.32. The number of nitrogens with zero attached hydrogens (tertiary/aromatic N) is 4. The average Bonchev–Trinajstić information content (AvgIpc) is 3.38. The van der Waals surface area contributed by atoms with Crippen LogP contribution in [0.4, 0.5) is 5.69 Å². The van der Waals surface area contributed by atoms with Gasteiger partial charge >= 0.3 is 0 Å². The molecule has 4 rings (SSSR count). The maximum Gasteiger partial charge on any atom is 0.227 e. The van der Waals surface area contributed by atoms with Gasteiger partial charge in [0.1, 0.15) is 5.76 Å². The molecule has 0 saturated carbocycles. The highest BCUT2D eigenvalue weighted by Crippen LogP contribution is 2.27. The lowest BCUT2D eigenvalue weighted by Gasteiger charge is -2.37. The molecule has 2 saturated heterocycles. The van der Waals surface area contributed by atoms with Crippen LogP contribution < -0.4 is 4.90 Å². The van der Waals surface area contributed by atoms with Crippen LogP contribution in [0.15, 0.2) is 66.2 Å². The van der Waals surface area contributed by atoms with Crippen molar-refractivity contribution >= 4 is 23.3 Å². The summed E-state index contributed by atoms with van der Waals surface area (Å²) in [5.74, 6) is 1.50. The molecule has 0 aliphatic carbocycles. The van der Waals surface area contributed by atoms with Gasteiger partial charge in [-0.25, -0.2) is 0 Å². The Labute approximate surface area is 203 Å². The van der Waals surface area contributed by atoms with Crippen LogP contribution in [-0.4, -0.2) is 74.0 Å². The number of aliphatic imine (C=N–C) groups is 1. The normalized spacial score (nSPS) is 19.5. The van der Waals surface area contributed by atoms with Gasteiger partial charge in [0.15, 0.2) is 0 Å². The van der Waals surface area contributed by atoms with Gasteiger partial charge in [0, 0.05) is 69.2 Å². The van der Waals surface area contributed by atoms with Crippen LogP contribution in [0.3, 0.4) is 0 Å². The summed E-state index contributed by atoms with van der Waals surface area (Å²) in [6.45, 7) is 13.9. The van der Waals surface area contributed by atoms with Gasteiger partial charge in [-0.3, -0.25) is 14.7 Å². The third-order valence-electron chi connectivity index (χ3n) is 6.89. The lowest BCUT2D eigenvalue weighted by Crippen LogP contribution is -2.52. The second-order valence-electron chi connectivity index (χ2n) is 9.35. The SMILES string of the molecule is C=C(O/C(=N\C)c1ccccc1)c1ccc(N2CC[C@H](C(=O)N3CCN(C(C)C)CC3)C2)cc1. The monoisotopic (exact) mass is 460 g/mol. The minimum absolute atomic E-state index is 0.0813. The number of hydrogen-bond donors (Lipinski definition) is 0. The predicted octanol–water partition coefficient (Wildman–Crippen LogP) is 4.13. The molecule has 2 heterocycles. The predicted molar refractivity (Wildman–Crippen MR) is 139 cm³/mol. The van der Waals surface area contributed by atoms with Gasteiger partial charge in [-0.1, -0.05) is 24.8 Å². The van der Waals surface area contributed by atoms with Gasteiger partial charge in [0.05, 0.1) is 5.92 Å². The zero-order chi connectivity index (χ0) is 24.1. The summed E-state index contributed by atoms with van der Waals surface area (Å²) in [7, 11) is 1.72. The van der Waals surface area contributed by atoms with Crippen molar-refractivity contribution < 1.29 is 9.53 Å². The Morgan fingerprint density at radius 1 is 0.971 bits per heavy atom. The summed E-state index contributed by atoms with van der Waals surface area (Å²) in [5, 5.41) is 0. The number of piperazine rings is 1. The summed E-state index contributed by atoms with van der Waals surface area (Å²) >= 11 is 0. The maximum absolute atomic E-state index is 13.1. The number of rotatable bonds is 6. The van der Waals surface area contributed by atoms with E-state index in [1.54, 1.807) is 7.05 Å². The number of carbonyl (C=O) groups excluding carboxylic acids is 1. The standard InChI is InChI=1S/C28H36N4O2/c1-21(2)30-16-18-31(19-17-30)28(33)25-14-15-32(20-25)26-12-10-23(11-13-26)22(3)34-27(29-4)24-8-6-5-7-9-24/h5-13,21,25H,3,14-20H2,1-2,4H3/b29-27-/t25-/m0/s1. The summed E-state index contributed by atoms with van der Waals surface area (Å²) in [6.07, 6.45) is 0.911. The fraction of sp³-hybridized carbons (Fsp3) is 0.429. The van der Waals surface area contributed by atoms with Crippen LogP contribution >= 0.6 is 0 Å². The minimum Gasteiger partial charge on any atom is -0.439 e. The number of carbonyl (C=O) groups is 1. The molecule has 0 aromatic heterocycles. The van der Waals surface area contributed by atoms with E-state index in [1.807, 2.05) is 42.5 Å². The number of amides is 1. The molecule has 1 amide bonds. The van der Waals surface area contributed by atoms with E-state index < -0.39 is 0 Å². The molecule has 2 fully saturated rings. The molecule has 2 aliphatic heterocycles. The van der Waals surface area contributed by atoms with Crippen LogP contribution in [0.25, 0.3) is 5.76 Å². The molecular formula is C28H36N4O2. The number of benzene rings is 2. The summed E-state index contributed by atoms with van der Waals surface area (Å²) in [6, 6.07) is 18.6. The van der Waals surface area contributed by atoms with Crippen molar-refractivity contribution in [2.75, 3.05) is 51.2 Å². The van der Waals surface area contributed by atoms with Crippen molar-refractivity contribution in [3.05, 3.63) is 72.3 Å². The molecule has 0 unspecified atom stereocenters. The molecule has 1 atom stereocenters. The molecule has 0 spiro atoms. The molecule has 0 radical (unpaired) electrons. The minimum atomic E-state index is 0.0813. The van der Waals surface area contributed by atoms with Gasteiger partial charge in [0.2, 0.25) is 11.8 Å². The zero-order valence-corrected chi connectivity index (χ0v) is 20.6. The van der Waals surface area contributed by atoms with Crippen LogP contribution in [0.1, 0.15) is 31.4 Å². The Bertz CT molecular complexity index is 1010. The third-order valence-corrected chi connectivity index (χ3v) is 6.89. The van der Waals surface area contributed by atoms with E-state index >= 15 is 0 Å². The molecular weight excluding hydrogens is 424 g/mol. The number of anilines is 1. The van der Waals surface area contributed by atoms with E-state index in [4.69, 9.17) is 4.74 Å². The van der Waals surface area contributed by atoms with Crippen LogP contribution in [0.5, 0.6) is 0 Å². The first-order valence-corrected chi connectivity index (χ1v) is 12.2.